The molecule has 18 rings (SSSR count). The third-order valence-electron chi connectivity index (χ3n) is 19.9. The van der Waals surface area contributed by atoms with Crippen LogP contribution in [0.25, 0.3) is 43.6 Å². The Morgan fingerprint density at radius 2 is 0.781 bits per heavy atom. The van der Waals surface area contributed by atoms with Gasteiger partial charge in [0.25, 0.3) is 17.7 Å². The second-order valence-corrected chi connectivity index (χ2v) is 33.7. The first-order chi connectivity index (χ1) is 55.8. The molecule has 6 aromatic heterocycles. The van der Waals surface area contributed by atoms with E-state index in [2.05, 4.69) is 89.7 Å². The number of likely N-dealkylation sites (tertiary alicyclic amines) is 1. The Labute approximate surface area is 690 Å². The minimum Gasteiger partial charge on any atom is -0.478 e. The number of hydrogen-bond donors (Lipinski definition) is 4. The van der Waals surface area contributed by atoms with Crippen molar-refractivity contribution in [2.24, 2.45) is 0 Å². The lowest BCUT2D eigenvalue weighted by atomic mass is 10.0. The molecular formula is C77H91ClN20O10S6. The molecule has 8 fully saturated rings. The largest absolute Gasteiger partial charge is 0.478 e. The molecule has 0 unspecified atom stereocenters. The number of carbonyl (C=O) groups excluding carboxylic acids is 5. The Bertz CT molecular complexity index is 4840. The number of esters is 2. The third kappa shape index (κ3) is 22.0. The van der Waals surface area contributed by atoms with Crippen LogP contribution in [0.5, 0.6) is 0 Å². The molecule has 114 heavy (non-hydrogen) atoms. The summed E-state index contributed by atoms with van der Waals surface area (Å²) in [5, 5.41) is 31.4. The zero-order valence-electron chi connectivity index (χ0n) is 63.5. The van der Waals surface area contributed by atoms with Crippen LogP contribution in [0, 0.1) is 0 Å². The van der Waals surface area contributed by atoms with E-state index in [0.717, 1.165) is 191 Å². The van der Waals surface area contributed by atoms with Gasteiger partial charge in [-0.15, -0.1) is 22.7 Å². The van der Waals surface area contributed by atoms with Gasteiger partial charge in [-0.25, -0.2) is 64.2 Å². The molecule has 14 heterocycles. The van der Waals surface area contributed by atoms with Crippen molar-refractivity contribution in [3.05, 3.63) is 159 Å². The number of carboxylic acids is 1. The molecule has 4 N–H and O–H groups in total. The lowest BCUT2D eigenvalue weighted by Crippen LogP contribution is -2.64. The molecule has 0 radical (unpaired) electrons. The Balaban J connectivity index is 0.000000133. The van der Waals surface area contributed by atoms with E-state index in [9.17, 15) is 28.8 Å². The fraction of sp³-hybridized carbons (Fsp3) is 0.429. The van der Waals surface area contributed by atoms with Gasteiger partial charge in [0.15, 0.2) is 10.0 Å². The summed E-state index contributed by atoms with van der Waals surface area (Å²) in [5.74, 6) is 10.6. The number of methoxy groups -OCH3 is 2. The summed E-state index contributed by atoms with van der Waals surface area (Å²) in [6, 6.07) is 22.2. The van der Waals surface area contributed by atoms with Crippen molar-refractivity contribution >= 4 is 178 Å². The van der Waals surface area contributed by atoms with E-state index in [1.165, 1.54) is 74.1 Å². The lowest BCUT2D eigenvalue weighted by molar-refractivity contribution is 0.00850. The van der Waals surface area contributed by atoms with E-state index in [0.29, 0.717) is 73.5 Å². The Morgan fingerprint density at radius 3 is 1.15 bits per heavy atom. The summed E-state index contributed by atoms with van der Waals surface area (Å²) in [5.41, 5.74) is 4.79. The standard InChI is InChI=1S/C24H27N7O2S2.C14H15N3O2S.C13H13N3O2S.C11H16N4OS.C10H7ClN2O2.C4H9NS.CH4O/c32-23(17-1-2-19-20(13-17)26-16-27-21(19)29-8-11-34-12-9-29)31-14-18(15-31)28-4-6-30(7-5-28)24(33)22-25-3-10-35-22;1-19-14(18)10-2-3-11-12(8-10)15-9-16-13(11)17-4-6-20-7-5-17;17-13(18)9-1-2-10-11(7-9)14-8-15-12(10)16-3-5-19-6-4-16;16-11(10-13-1-6-17-10)15-4-2-14(3-5-15)9-7-12-8-9;1-15-10(14)6-2-3-7-8(4-6)12-5-13-9(7)11;1-3-6-4-2-5-1;1-2/h1-3,10,13,16,18H,4-9,11-12,14-15H2;2-3,8-9H,4-7H2,1H3;1-2,7-8H,3-6H2,(H,17,18);1,6,9,12H,2-5,7-8H2;2-5H,1H3;5H,1-4H2;2H,1H3. The van der Waals surface area contributed by atoms with Crippen LogP contribution in [-0.4, -0.2) is 331 Å². The first-order valence-electron chi connectivity index (χ1n) is 37.4. The molecule has 0 aliphatic carbocycles. The fourth-order valence-electron chi connectivity index (χ4n) is 13.6. The Kier molecular flexibility index (Phi) is 31.7. The van der Waals surface area contributed by atoms with Crippen LogP contribution < -0.4 is 25.3 Å². The normalized spacial score (nSPS) is 17.4. The predicted octanol–water partition coefficient (Wildman–Crippen LogP) is 7.65. The third-order valence-corrected chi connectivity index (χ3v) is 25.6. The number of aromatic nitrogens is 10. The Morgan fingerprint density at radius 1 is 0.412 bits per heavy atom. The zero-order chi connectivity index (χ0) is 79.7. The minimum atomic E-state index is -0.934. The van der Waals surface area contributed by atoms with Gasteiger partial charge in [-0.05, 0) is 72.8 Å². The number of rotatable bonds is 11. The number of carbonyl (C=O) groups is 6. The molecule has 37 heteroatoms. The number of nitrogens with zero attached hydrogens (tertiary/aromatic N) is 18. The average molecular weight is 1680 g/mol. The van der Waals surface area contributed by atoms with Gasteiger partial charge in [-0.2, -0.15) is 47.0 Å². The van der Waals surface area contributed by atoms with Gasteiger partial charge >= 0.3 is 17.9 Å². The summed E-state index contributed by atoms with van der Waals surface area (Å²) in [7, 11) is 3.71. The highest BCUT2D eigenvalue weighted by molar-refractivity contribution is 8.00. The van der Waals surface area contributed by atoms with Crippen LogP contribution in [0.4, 0.5) is 17.5 Å². The van der Waals surface area contributed by atoms with Gasteiger partial charge in [0, 0.05) is 246 Å². The molecule has 30 nitrogen and oxygen atoms in total. The molecule has 0 bridgehead atoms. The number of carboxylic acid groups (broad SMARTS) is 1. The van der Waals surface area contributed by atoms with E-state index in [4.69, 9.17) is 26.6 Å². The van der Waals surface area contributed by atoms with Crippen molar-refractivity contribution in [1.82, 2.24) is 85.0 Å². The van der Waals surface area contributed by atoms with Crippen LogP contribution in [0.1, 0.15) is 61.0 Å². The summed E-state index contributed by atoms with van der Waals surface area (Å²) in [4.78, 5) is 131. The quantitative estimate of drug-likeness (QED) is 0.0713. The van der Waals surface area contributed by atoms with Crippen LogP contribution >= 0.6 is 81.3 Å². The van der Waals surface area contributed by atoms with Crippen molar-refractivity contribution in [3.63, 3.8) is 0 Å². The number of amides is 3. The highest BCUT2D eigenvalue weighted by Crippen LogP contribution is 2.31. The van der Waals surface area contributed by atoms with Gasteiger partial charge in [-0.1, -0.05) is 11.6 Å². The van der Waals surface area contributed by atoms with Gasteiger partial charge < -0.3 is 59.7 Å². The van der Waals surface area contributed by atoms with E-state index in [1.807, 2.05) is 96.8 Å². The molecule has 0 spiro atoms. The number of hydrogen-bond acceptors (Lipinski definition) is 32. The minimum absolute atomic E-state index is 0.0208. The molecule has 8 aliphatic rings. The molecule has 3 amide bonds. The maximum absolute atomic E-state index is 13.2. The SMILES string of the molecule is C1CSCCN1.CO.COC(=O)c1ccc2c(Cl)ncnc2c1.COC(=O)c1ccc2c(N3CCSCC3)ncnc2c1.O=C(O)c1ccc2c(N3CCSCC3)ncnc2c1.O=C(c1ccc2c(N3CCSCC3)ncnc2c1)N1CC(N2CCN(C(=O)c3nccs3)CC2)C1.O=C(c1nccs1)N1CCN(C2CNC2)CC1. The molecule has 0 atom stereocenters. The number of anilines is 3. The van der Waals surface area contributed by atoms with Crippen LogP contribution in [0.3, 0.4) is 0 Å². The molecule has 4 aromatic carbocycles. The molecule has 10 aromatic rings. The number of aliphatic hydroxyl groups excluding tert-OH is 1. The number of nitrogens with one attached hydrogen (secondary N) is 2. The maximum atomic E-state index is 13.2. The smallest absolute Gasteiger partial charge is 0.337 e. The van der Waals surface area contributed by atoms with Crippen molar-refractivity contribution in [1.29, 1.82) is 0 Å². The predicted molar refractivity (Wildman–Crippen MR) is 455 cm³/mol. The van der Waals surface area contributed by atoms with Crippen molar-refractivity contribution < 1.29 is 48.5 Å². The van der Waals surface area contributed by atoms with Crippen LogP contribution in [0.15, 0.2) is 121 Å². The number of halogens is 1. The Hall–Kier alpha value is -8.79. The van der Waals surface area contributed by atoms with Gasteiger partial charge in [0.05, 0.1) is 53.0 Å². The fourth-order valence-corrected chi connectivity index (χ4v) is 18.5. The van der Waals surface area contributed by atoms with Crippen LogP contribution in [-0.2, 0) is 9.47 Å². The maximum Gasteiger partial charge on any atom is 0.337 e. The van der Waals surface area contributed by atoms with Gasteiger partial charge in [0.2, 0.25) is 0 Å². The number of benzene rings is 4. The monoisotopic (exact) mass is 1680 g/mol. The van der Waals surface area contributed by atoms with E-state index < -0.39 is 11.9 Å². The number of aromatic carboxylic acids is 1. The number of fused-ring (bicyclic) bond motifs is 4. The highest BCUT2D eigenvalue weighted by Gasteiger charge is 2.38. The number of ether oxygens (including phenoxy) is 2. The number of thiazole rings is 2. The van der Waals surface area contributed by atoms with Gasteiger partial charge in [0.1, 0.15) is 47.9 Å². The first kappa shape index (κ1) is 84.6. The van der Waals surface area contributed by atoms with Crippen molar-refractivity contribution in [2.45, 2.75) is 12.1 Å². The van der Waals surface area contributed by atoms with Crippen molar-refractivity contribution in [2.75, 3.05) is 213 Å². The topological polar surface area (TPSA) is 340 Å². The molecule has 8 aliphatic heterocycles. The highest BCUT2D eigenvalue weighted by atomic mass is 35.5. The zero-order valence-corrected chi connectivity index (χ0v) is 69.2. The number of thioether (sulfide) groups is 4. The molecule has 0 saturated carbocycles. The lowest BCUT2D eigenvalue weighted by Gasteiger charge is -2.48. The van der Waals surface area contributed by atoms with Crippen LogP contribution in [0.2, 0.25) is 5.15 Å². The van der Waals surface area contributed by atoms with E-state index in [1.54, 1.807) is 73.6 Å². The molecular weight excluding hydrogens is 1590 g/mol. The van der Waals surface area contributed by atoms with Gasteiger partial charge in [-0.3, -0.25) is 24.2 Å². The van der Waals surface area contributed by atoms with E-state index >= 15 is 0 Å². The summed E-state index contributed by atoms with van der Waals surface area (Å²) in [6.45, 7) is 18.7. The summed E-state index contributed by atoms with van der Waals surface area (Å²) in [6.07, 6.45) is 9.38. The number of aliphatic hydroxyl groups is 1. The second kappa shape index (κ2) is 42.7. The van der Waals surface area contributed by atoms with Crippen molar-refractivity contribution in [3.8, 4) is 0 Å². The summed E-state index contributed by atoms with van der Waals surface area (Å²) >= 11 is 16.6. The van der Waals surface area contributed by atoms with E-state index in [-0.39, 0.29) is 29.3 Å². The molecule has 8 saturated heterocycles. The number of piperazine rings is 2. The first-order valence-corrected chi connectivity index (χ1v) is 44.2. The average Bonchev–Trinajstić information content (AvgIpc) is 0.867. The molecule has 602 valence electrons. The second-order valence-electron chi connectivity index (χ2n) is 26.6. The summed E-state index contributed by atoms with van der Waals surface area (Å²) < 4.78 is 9.34.